The molecule has 140 valence electrons. The third-order valence-electron chi connectivity index (χ3n) is 4.66. The van der Waals surface area contributed by atoms with Crippen molar-refractivity contribution in [2.75, 3.05) is 26.4 Å². The van der Waals surface area contributed by atoms with Gasteiger partial charge in [0.2, 0.25) is 10.0 Å². The van der Waals surface area contributed by atoms with Crippen molar-refractivity contribution in [3.63, 3.8) is 0 Å². The fourth-order valence-electron chi connectivity index (χ4n) is 3.25. The van der Waals surface area contributed by atoms with Gasteiger partial charge < -0.3 is 4.90 Å². The fraction of sp³-hybridized carbons (Fsp3) is 1.00. The molecule has 0 aliphatic rings. The van der Waals surface area contributed by atoms with Gasteiger partial charge in [0.05, 0.1) is 6.26 Å². The molecule has 0 radical (unpaired) electrons. The maximum Gasteiger partial charge on any atom is 0.211 e. The first-order chi connectivity index (χ1) is 10.3. The topological polar surface area (TPSA) is 40.6 Å². The van der Waals surface area contributed by atoms with Crippen LogP contribution in [0, 0.1) is 11.8 Å². The highest BCUT2D eigenvalue weighted by atomic mass is 32.2. The minimum atomic E-state index is -3.17. The Morgan fingerprint density at radius 3 is 1.91 bits per heavy atom. The van der Waals surface area contributed by atoms with Crippen LogP contribution in [0.5, 0.6) is 0 Å². The second-order valence-corrected chi connectivity index (χ2v) is 10.4. The number of hydrogen-bond donors (Lipinski definition) is 0. The Kier molecular flexibility index (Phi) is 9.33. The van der Waals surface area contributed by atoms with Crippen molar-refractivity contribution in [2.24, 2.45) is 11.8 Å². The van der Waals surface area contributed by atoms with Gasteiger partial charge >= 0.3 is 0 Å². The zero-order valence-electron chi connectivity index (χ0n) is 16.9. The lowest BCUT2D eigenvalue weighted by Crippen LogP contribution is -2.47. The van der Waals surface area contributed by atoms with Crippen molar-refractivity contribution in [2.45, 2.75) is 79.3 Å². The van der Waals surface area contributed by atoms with Crippen LogP contribution in [0.4, 0.5) is 0 Å². The number of hydrogen-bond acceptors (Lipinski definition) is 3. The van der Waals surface area contributed by atoms with Crippen LogP contribution in [0.25, 0.3) is 0 Å². The largest absolute Gasteiger partial charge is 0.300 e. The molecule has 0 saturated heterocycles. The Hall–Kier alpha value is -0.130. The lowest BCUT2D eigenvalue weighted by molar-refractivity contribution is 0.129. The molecule has 1 atom stereocenters. The van der Waals surface area contributed by atoms with E-state index >= 15 is 0 Å². The molecule has 0 aromatic carbocycles. The minimum absolute atomic E-state index is 0.353. The van der Waals surface area contributed by atoms with E-state index in [-0.39, 0.29) is 5.54 Å². The van der Waals surface area contributed by atoms with Gasteiger partial charge in [0.1, 0.15) is 0 Å². The quantitative estimate of drug-likeness (QED) is 0.570. The van der Waals surface area contributed by atoms with E-state index in [0.717, 1.165) is 32.4 Å². The Morgan fingerprint density at radius 1 is 1.04 bits per heavy atom. The lowest BCUT2D eigenvalue weighted by atomic mass is 9.87. The molecule has 0 amide bonds. The van der Waals surface area contributed by atoms with Crippen LogP contribution in [0.3, 0.4) is 0 Å². The molecule has 0 aromatic heterocycles. The zero-order valence-corrected chi connectivity index (χ0v) is 17.7. The predicted octanol–water partition coefficient (Wildman–Crippen LogP) is 3.83. The molecular weight excluding hydrogens is 308 g/mol. The molecule has 1 unspecified atom stereocenters. The first-order valence-electron chi connectivity index (χ1n) is 8.99. The third-order valence-corrected chi connectivity index (χ3v) is 6.15. The van der Waals surface area contributed by atoms with E-state index in [4.69, 9.17) is 0 Å². The molecule has 23 heavy (non-hydrogen) atoms. The van der Waals surface area contributed by atoms with E-state index in [1.54, 1.807) is 7.05 Å². The Balaban J connectivity index is 5.10. The minimum Gasteiger partial charge on any atom is -0.300 e. The average molecular weight is 349 g/mol. The average Bonchev–Trinajstić information content (AvgIpc) is 2.35. The Morgan fingerprint density at radius 2 is 1.57 bits per heavy atom. The summed E-state index contributed by atoms with van der Waals surface area (Å²) in [6.07, 6.45) is 4.47. The molecule has 0 saturated carbocycles. The molecule has 0 aromatic rings. The van der Waals surface area contributed by atoms with Gasteiger partial charge in [-0.1, -0.05) is 27.2 Å². The van der Waals surface area contributed by atoms with Gasteiger partial charge in [0.25, 0.3) is 0 Å². The molecule has 0 aliphatic heterocycles. The summed E-state index contributed by atoms with van der Waals surface area (Å²) < 4.78 is 25.3. The molecule has 4 nitrogen and oxygen atoms in total. The Bertz CT molecular complexity index is 430. The lowest BCUT2D eigenvalue weighted by Gasteiger charge is -2.39. The summed E-state index contributed by atoms with van der Waals surface area (Å²) in [6.45, 7) is 17.4. The monoisotopic (exact) mass is 348 g/mol. The summed E-state index contributed by atoms with van der Waals surface area (Å²) >= 11 is 0. The van der Waals surface area contributed by atoms with E-state index in [1.807, 2.05) is 13.8 Å². The van der Waals surface area contributed by atoms with Crippen LogP contribution < -0.4 is 0 Å². The highest BCUT2D eigenvalue weighted by Crippen LogP contribution is 2.28. The van der Waals surface area contributed by atoms with Crippen molar-refractivity contribution >= 4 is 10.0 Å². The van der Waals surface area contributed by atoms with Crippen LogP contribution in [0.1, 0.15) is 67.7 Å². The van der Waals surface area contributed by atoms with Crippen LogP contribution in [0.2, 0.25) is 0 Å². The van der Waals surface area contributed by atoms with Gasteiger partial charge in [-0.25, -0.2) is 8.42 Å². The van der Waals surface area contributed by atoms with E-state index in [9.17, 15) is 8.42 Å². The summed E-state index contributed by atoms with van der Waals surface area (Å²) in [5, 5.41) is 0. The second-order valence-electron chi connectivity index (χ2n) is 8.34. The first-order valence-corrected chi connectivity index (χ1v) is 10.8. The summed E-state index contributed by atoms with van der Waals surface area (Å²) in [4.78, 5) is 2.54. The van der Waals surface area contributed by atoms with Crippen LogP contribution in [-0.4, -0.2) is 55.6 Å². The van der Waals surface area contributed by atoms with Crippen molar-refractivity contribution < 1.29 is 8.42 Å². The van der Waals surface area contributed by atoms with Crippen LogP contribution in [0.15, 0.2) is 0 Å². The van der Waals surface area contributed by atoms with Crippen LogP contribution >= 0.6 is 0 Å². The van der Waals surface area contributed by atoms with Gasteiger partial charge in [0.15, 0.2) is 0 Å². The van der Waals surface area contributed by atoms with Gasteiger partial charge in [-0.2, -0.15) is 4.31 Å². The van der Waals surface area contributed by atoms with Crippen LogP contribution in [-0.2, 0) is 10.0 Å². The van der Waals surface area contributed by atoms with E-state index in [1.165, 1.54) is 10.6 Å². The molecular formula is C18H40N2O2S. The molecule has 0 N–H and O–H groups in total. The summed E-state index contributed by atoms with van der Waals surface area (Å²) in [5.41, 5.74) is -0.353. The molecule has 5 heteroatoms. The molecule has 0 bridgehead atoms. The highest BCUT2D eigenvalue weighted by molar-refractivity contribution is 7.88. The van der Waals surface area contributed by atoms with Crippen molar-refractivity contribution in [1.29, 1.82) is 0 Å². The maximum absolute atomic E-state index is 11.9. The van der Waals surface area contributed by atoms with E-state index in [0.29, 0.717) is 17.9 Å². The third kappa shape index (κ3) is 8.50. The van der Waals surface area contributed by atoms with Crippen molar-refractivity contribution in [3.05, 3.63) is 0 Å². The normalized spacial score (nSPS) is 15.2. The van der Waals surface area contributed by atoms with E-state index in [2.05, 4.69) is 39.5 Å². The maximum atomic E-state index is 11.9. The molecule has 0 aliphatic carbocycles. The number of rotatable bonds is 11. The number of sulfonamides is 1. The standard InChI is InChI=1S/C18H40N2O2S/c1-10-11-17(14-20(16(4)5)13-15(2)3)12-18(6,7)19(8)23(9,21)22/h15-17H,10-14H2,1-9H3. The fourth-order valence-corrected chi connectivity index (χ4v) is 4.22. The van der Waals surface area contributed by atoms with Gasteiger partial charge in [-0.15, -0.1) is 0 Å². The molecule has 0 fully saturated rings. The molecule has 0 heterocycles. The highest BCUT2D eigenvalue weighted by Gasteiger charge is 2.33. The number of nitrogens with zero attached hydrogens (tertiary/aromatic N) is 2. The van der Waals surface area contributed by atoms with Gasteiger partial charge in [0, 0.05) is 31.7 Å². The second kappa shape index (κ2) is 9.38. The Labute approximate surface area is 145 Å². The van der Waals surface area contributed by atoms with Gasteiger partial charge in [-0.05, 0) is 52.4 Å². The molecule has 0 rings (SSSR count). The summed E-state index contributed by atoms with van der Waals surface area (Å²) in [7, 11) is -1.46. The summed E-state index contributed by atoms with van der Waals surface area (Å²) in [6, 6.07) is 0.521. The SMILES string of the molecule is CCCC(CN(CC(C)C)C(C)C)CC(C)(C)N(C)S(C)(=O)=O. The predicted molar refractivity (Wildman–Crippen MR) is 101 cm³/mol. The van der Waals surface area contributed by atoms with Crippen molar-refractivity contribution in [3.8, 4) is 0 Å². The summed E-state index contributed by atoms with van der Waals surface area (Å²) in [5.74, 6) is 1.16. The van der Waals surface area contributed by atoms with Gasteiger partial charge in [-0.3, -0.25) is 0 Å². The van der Waals surface area contributed by atoms with Crippen molar-refractivity contribution in [1.82, 2.24) is 9.21 Å². The zero-order chi connectivity index (χ0) is 18.4. The van der Waals surface area contributed by atoms with E-state index < -0.39 is 10.0 Å². The smallest absolute Gasteiger partial charge is 0.211 e. The first kappa shape index (κ1) is 22.9. The molecule has 0 spiro atoms.